The lowest BCUT2D eigenvalue weighted by molar-refractivity contribution is 0.144. The van der Waals surface area contributed by atoms with E-state index in [1.807, 2.05) is 0 Å². The summed E-state index contributed by atoms with van der Waals surface area (Å²) in [4.78, 5) is 0. The number of rotatable bonds is 6. The van der Waals surface area contributed by atoms with Crippen LogP contribution in [0.3, 0.4) is 0 Å². The van der Waals surface area contributed by atoms with Gasteiger partial charge in [0, 0.05) is 24.2 Å². The molecule has 0 saturated heterocycles. The number of thiophene rings is 1. The molecule has 0 saturated carbocycles. The van der Waals surface area contributed by atoms with E-state index in [0.717, 1.165) is 26.2 Å². The van der Waals surface area contributed by atoms with Gasteiger partial charge in [0.1, 0.15) is 0 Å². The normalized spacial score (nSPS) is 10.1. The Bertz CT molecular complexity index is 186. The Kier molecular flexibility index (Phi) is 4.80. The van der Waals surface area contributed by atoms with Crippen LogP contribution < -0.4 is 5.32 Å². The Morgan fingerprint density at radius 2 is 2.42 bits per heavy atom. The van der Waals surface area contributed by atoms with Crippen LogP contribution in [0.15, 0.2) is 16.8 Å². The summed E-state index contributed by atoms with van der Waals surface area (Å²) in [6.07, 6.45) is 1.10. The molecule has 1 aromatic rings. The quantitative estimate of drug-likeness (QED) is 0.688. The number of hydrogen-bond acceptors (Lipinski definition) is 3. The summed E-state index contributed by atoms with van der Waals surface area (Å²) in [6, 6.07) is 2.07. The molecule has 3 heteroatoms. The summed E-state index contributed by atoms with van der Waals surface area (Å²) in [5.74, 6) is 0. The van der Waals surface area contributed by atoms with Gasteiger partial charge >= 0.3 is 0 Å². The summed E-state index contributed by atoms with van der Waals surface area (Å²) < 4.78 is 5.32. The lowest BCUT2D eigenvalue weighted by Crippen LogP contribution is -2.08. The van der Waals surface area contributed by atoms with Crippen LogP contribution in [0.25, 0.3) is 0 Å². The summed E-state index contributed by atoms with van der Waals surface area (Å²) in [5.41, 5.74) is 1.19. The van der Waals surface area contributed by atoms with Crippen molar-refractivity contribution in [3.8, 4) is 0 Å². The highest BCUT2D eigenvalue weighted by molar-refractivity contribution is 7.08. The van der Waals surface area contributed by atoms with Crippen molar-refractivity contribution in [1.29, 1.82) is 0 Å². The number of nitrogens with one attached hydrogen (secondary N) is 1. The molecule has 68 valence electrons. The van der Waals surface area contributed by atoms with Crippen molar-refractivity contribution in [2.75, 3.05) is 25.1 Å². The first kappa shape index (κ1) is 9.55. The predicted molar refractivity (Wildman–Crippen MR) is 53.9 cm³/mol. The third-order valence-electron chi connectivity index (χ3n) is 1.45. The molecule has 0 bridgehead atoms. The van der Waals surface area contributed by atoms with E-state index in [1.54, 1.807) is 11.3 Å². The summed E-state index contributed by atoms with van der Waals surface area (Å²) in [5, 5.41) is 7.43. The molecule has 0 amide bonds. The molecule has 0 atom stereocenters. The lowest BCUT2D eigenvalue weighted by atomic mass is 10.5. The molecule has 0 fully saturated rings. The highest BCUT2D eigenvalue weighted by Gasteiger charge is 1.90. The van der Waals surface area contributed by atoms with Crippen LogP contribution in [0.2, 0.25) is 0 Å². The van der Waals surface area contributed by atoms with Gasteiger partial charge in [-0.05, 0) is 17.9 Å². The summed E-state index contributed by atoms with van der Waals surface area (Å²) >= 11 is 1.70. The molecule has 0 aliphatic rings. The monoisotopic (exact) mass is 185 g/mol. The molecule has 12 heavy (non-hydrogen) atoms. The molecule has 1 rings (SSSR count). The van der Waals surface area contributed by atoms with Crippen LogP contribution in [-0.2, 0) is 4.74 Å². The SMILES string of the molecule is CCCOCCNc1ccsc1. The molecule has 0 spiro atoms. The van der Waals surface area contributed by atoms with E-state index < -0.39 is 0 Å². The van der Waals surface area contributed by atoms with Gasteiger partial charge in [-0.1, -0.05) is 6.92 Å². The van der Waals surface area contributed by atoms with Gasteiger partial charge in [-0.15, -0.1) is 0 Å². The first-order valence-electron chi connectivity index (χ1n) is 4.27. The minimum atomic E-state index is 0.795. The Balaban J connectivity index is 1.96. The molecule has 0 aliphatic heterocycles. The van der Waals surface area contributed by atoms with Crippen molar-refractivity contribution >= 4 is 17.0 Å². The predicted octanol–water partition coefficient (Wildman–Crippen LogP) is 2.59. The zero-order valence-corrected chi connectivity index (χ0v) is 8.19. The van der Waals surface area contributed by atoms with Gasteiger partial charge in [-0.25, -0.2) is 0 Å². The number of hydrogen-bond donors (Lipinski definition) is 1. The Labute approximate surface area is 77.6 Å². The van der Waals surface area contributed by atoms with Crippen molar-refractivity contribution < 1.29 is 4.74 Å². The van der Waals surface area contributed by atoms with Crippen LogP contribution in [0.1, 0.15) is 13.3 Å². The van der Waals surface area contributed by atoms with Crippen LogP contribution in [0.5, 0.6) is 0 Å². The smallest absolute Gasteiger partial charge is 0.0639 e. The fourth-order valence-corrected chi connectivity index (χ4v) is 1.49. The molecule has 1 aromatic heterocycles. The number of ether oxygens (including phenoxy) is 1. The maximum absolute atomic E-state index is 5.32. The minimum Gasteiger partial charge on any atom is -0.382 e. The average molecular weight is 185 g/mol. The lowest BCUT2D eigenvalue weighted by Gasteiger charge is -2.03. The highest BCUT2D eigenvalue weighted by atomic mass is 32.1. The molecule has 1 heterocycles. The topological polar surface area (TPSA) is 21.3 Å². The average Bonchev–Trinajstić information content (AvgIpc) is 2.57. The van der Waals surface area contributed by atoms with E-state index in [1.165, 1.54) is 5.69 Å². The third-order valence-corrected chi connectivity index (χ3v) is 2.13. The summed E-state index contributed by atoms with van der Waals surface area (Å²) in [7, 11) is 0. The van der Waals surface area contributed by atoms with Gasteiger partial charge in [0.05, 0.1) is 6.61 Å². The highest BCUT2D eigenvalue weighted by Crippen LogP contribution is 2.10. The molecule has 0 aromatic carbocycles. The largest absolute Gasteiger partial charge is 0.382 e. The summed E-state index contributed by atoms with van der Waals surface area (Å²) in [6.45, 7) is 4.68. The molecule has 0 aliphatic carbocycles. The second-order valence-electron chi connectivity index (χ2n) is 2.55. The Morgan fingerprint density at radius 3 is 3.08 bits per heavy atom. The van der Waals surface area contributed by atoms with E-state index >= 15 is 0 Å². The Hall–Kier alpha value is -0.540. The maximum atomic E-state index is 5.32. The van der Waals surface area contributed by atoms with E-state index in [4.69, 9.17) is 4.74 Å². The standard InChI is InChI=1S/C9H15NOS/c1-2-5-11-6-4-10-9-3-7-12-8-9/h3,7-8,10H,2,4-6H2,1H3. The molecular formula is C9H15NOS. The third kappa shape index (κ3) is 3.74. The first-order chi connectivity index (χ1) is 5.93. The molecule has 0 unspecified atom stereocenters. The van der Waals surface area contributed by atoms with Crippen LogP contribution >= 0.6 is 11.3 Å². The van der Waals surface area contributed by atoms with Gasteiger partial charge in [0.2, 0.25) is 0 Å². The van der Waals surface area contributed by atoms with Gasteiger partial charge < -0.3 is 10.1 Å². The second kappa shape index (κ2) is 6.03. The zero-order valence-electron chi connectivity index (χ0n) is 7.38. The van der Waals surface area contributed by atoms with Crippen LogP contribution in [0.4, 0.5) is 5.69 Å². The van der Waals surface area contributed by atoms with E-state index in [-0.39, 0.29) is 0 Å². The van der Waals surface area contributed by atoms with Gasteiger partial charge in [-0.3, -0.25) is 0 Å². The second-order valence-corrected chi connectivity index (χ2v) is 3.33. The van der Waals surface area contributed by atoms with Gasteiger partial charge in [-0.2, -0.15) is 11.3 Å². The van der Waals surface area contributed by atoms with Gasteiger partial charge in [0.25, 0.3) is 0 Å². The van der Waals surface area contributed by atoms with Crippen molar-refractivity contribution in [2.24, 2.45) is 0 Å². The molecule has 1 N–H and O–H groups in total. The minimum absolute atomic E-state index is 0.795. The van der Waals surface area contributed by atoms with E-state index in [9.17, 15) is 0 Å². The van der Waals surface area contributed by atoms with Crippen molar-refractivity contribution in [3.63, 3.8) is 0 Å². The Morgan fingerprint density at radius 1 is 1.50 bits per heavy atom. The van der Waals surface area contributed by atoms with Crippen LogP contribution in [0, 0.1) is 0 Å². The van der Waals surface area contributed by atoms with E-state index in [2.05, 4.69) is 29.1 Å². The molecule has 0 radical (unpaired) electrons. The van der Waals surface area contributed by atoms with E-state index in [0.29, 0.717) is 0 Å². The van der Waals surface area contributed by atoms with Crippen molar-refractivity contribution in [2.45, 2.75) is 13.3 Å². The fourth-order valence-electron chi connectivity index (χ4n) is 0.879. The molecule has 2 nitrogen and oxygen atoms in total. The number of anilines is 1. The maximum Gasteiger partial charge on any atom is 0.0639 e. The van der Waals surface area contributed by atoms with Crippen LogP contribution in [-0.4, -0.2) is 19.8 Å². The first-order valence-corrected chi connectivity index (χ1v) is 5.21. The zero-order chi connectivity index (χ0) is 8.65. The fraction of sp³-hybridized carbons (Fsp3) is 0.556. The van der Waals surface area contributed by atoms with Crippen molar-refractivity contribution in [1.82, 2.24) is 0 Å². The van der Waals surface area contributed by atoms with Crippen molar-refractivity contribution in [3.05, 3.63) is 16.8 Å². The van der Waals surface area contributed by atoms with Gasteiger partial charge in [0.15, 0.2) is 0 Å². The molecular weight excluding hydrogens is 170 g/mol.